The minimum Gasteiger partial charge on any atom is -0.359 e. The molecule has 5 heteroatoms. The van der Waals surface area contributed by atoms with Gasteiger partial charge in [0.2, 0.25) is 0 Å². The Balaban J connectivity index is 1.80. The molecule has 5 nitrogen and oxygen atoms in total. The van der Waals surface area contributed by atoms with Crippen LogP contribution in [0.5, 0.6) is 0 Å². The molecular weight excluding hydrogens is 290 g/mol. The van der Waals surface area contributed by atoms with Crippen molar-refractivity contribution in [2.45, 2.75) is 12.6 Å². The van der Waals surface area contributed by atoms with Crippen LogP contribution in [0, 0.1) is 10.1 Å². The molecule has 0 radical (unpaired) electrons. The Morgan fingerprint density at radius 3 is 2.00 bits per heavy atom. The molecule has 3 aromatic carbocycles. The zero-order chi connectivity index (χ0) is 16.0. The highest BCUT2D eigenvalue weighted by molar-refractivity contribution is 6.05. The van der Waals surface area contributed by atoms with E-state index in [9.17, 15) is 10.1 Å². The molecule has 2 N–H and O–H groups in total. The molecule has 0 bridgehead atoms. The fraction of sp³-hybridized carbons (Fsp3) is 0.111. The number of hydrogen-bond donors (Lipinski definition) is 2. The molecule has 114 valence electrons. The second kappa shape index (κ2) is 4.71. The molecule has 1 heterocycles. The topological polar surface area (TPSA) is 67.2 Å². The van der Waals surface area contributed by atoms with E-state index in [2.05, 4.69) is 34.9 Å². The highest BCUT2D eigenvalue weighted by Gasteiger charge is 2.31. The molecule has 0 aromatic heterocycles. The van der Waals surface area contributed by atoms with Crippen molar-refractivity contribution in [3.63, 3.8) is 0 Å². The first-order chi connectivity index (χ1) is 11.1. The minimum absolute atomic E-state index is 0.0932. The number of rotatable bonds is 2. The normalized spacial score (nSPS) is 14.8. The molecular formula is C18H15N3O2. The van der Waals surface area contributed by atoms with Gasteiger partial charge in [0.25, 0.3) is 5.69 Å². The van der Waals surface area contributed by atoms with Gasteiger partial charge in [0.05, 0.1) is 4.92 Å². The number of non-ortho nitro benzene ring substituents is 1. The third-order valence-electron chi connectivity index (χ3n) is 4.33. The molecule has 0 amide bonds. The second-order valence-electron chi connectivity index (χ2n) is 5.89. The van der Waals surface area contributed by atoms with Crippen LogP contribution < -0.4 is 10.6 Å². The van der Waals surface area contributed by atoms with Crippen molar-refractivity contribution in [2.24, 2.45) is 0 Å². The number of nitrogens with zero attached hydrogens (tertiary/aromatic N) is 1. The number of nitro benzene ring substituents is 1. The second-order valence-corrected chi connectivity index (χ2v) is 5.89. The average molecular weight is 305 g/mol. The molecule has 0 atom stereocenters. The van der Waals surface area contributed by atoms with E-state index in [1.54, 1.807) is 12.1 Å². The van der Waals surface area contributed by atoms with Crippen molar-refractivity contribution in [3.8, 4) is 0 Å². The van der Waals surface area contributed by atoms with Crippen molar-refractivity contribution >= 4 is 27.8 Å². The van der Waals surface area contributed by atoms with Crippen LogP contribution in [-0.2, 0) is 5.66 Å². The minimum atomic E-state index is -0.530. The summed E-state index contributed by atoms with van der Waals surface area (Å²) in [5, 5.41) is 20.2. The Hall–Kier alpha value is -3.08. The summed E-state index contributed by atoms with van der Waals surface area (Å²) in [5.41, 5.74) is 2.61. The van der Waals surface area contributed by atoms with Gasteiger partial charge < -0.3 is 10.6 Å². The van der Waals surface area contributed by atoms with Gasteiger partial charge >= 0.3 is 0 Å². The average Bonchev–Trinajstić information content (AvgIpc) is 2.55. The zero-order valence-electron chi connectivity index (χ0n) is 12.5. The molecule has 0 saturated heterocycles. The predicted octanol–water partition coefficient (Wildman–Crippen LogP) is 4.46. The highest BCUT2D eigenvalue weighted by Crippen LogP contribution is 2.41. The molecule has 0 spiro atoms. The summed E-state index contributed by atoms with van der Waals surface area (Å²) in [7, 11) is 0. The third kappa shape index (κ3) is 2.09. The fourth-order valence-corrected chi connectivity index (χ4v) is 3.18. The van der Waals surface area contributed by atoms with E-state index >= 15 is 0 Å². The maximum absolute atomic E-state index is 10.8. The van der Waals surface area contributed by atoms with Gasteiger partial charge in [0, 0.05) is 28.9 Å². The SMILES string of the molecule is CC1(c2ccc([N+](=O)[O-])cc2)Nc2cccc3cccc(c23)N1. The Kier molecular flexibility index (Phi) is 2.78. The van der Waals surface area contributed by atoms with E-state index < -0.39 is 5.66 Å². The Morgan fingerprint density at radius 2 is 1.48 bits per heavy atom. The van der Waals surface area contributed by atoms with Crippen LogP contribution in [0.4, 0.5) is 17.1 Å². The van der Waals surface area contributed by atoms with E-state index in [1.807, 2.05) is 19.1 Å². The maximum Gasteiger partial charge on any atom is 0.269 e. The zero-order valence-corrected chi connectivity index (χ0v) is 12.5. The molecule has 1 aliphatic heterocycles. The van der Waals surface area contributed by atoms with E-state index in [0.717, 1.165) is 22.3 Å². The first-order valence-electron chi connectivity index (χ1n) is 7.40. The van der Waals surface area contributed by atoms with Crippen molar-refractivity contribution in [3.05, 3.63) is 76.3 Å². The lowest BCUT2D eigenvalue weighted by Gasteiger charge is -2.39. The molecule has 1 aliphatic rings. The summed E-state index contributed by atoms with van der Waals surface area (Å²) in [6.07, 6.45) is 0. The highest BCUT2D eigenvalue weighted by atomic mass is 16.6. The summed E-state index contributed by atoms with van der Waals surface area (Å²) >= 11 is 0. The van der Waals surface area contributed by atoms with Crippen molar-refractivity contribution < 1.29 is 4.92 Å². The van der Waals surface area contributed by atoms with Gasteiger partial charge in [-0.2, -0.15) is 0 Å². The number of hydrogen-bond acceptors (Lipinski definition) is 4. The van der Waals surface area contributed by atoms with E-state index in [-0.39, 0.29) is 10.6 Å². The summed E-state index contributed by atoms with van der Waals surface area (Å²) in [4.78, 5) is 10.4. The Bertz CT molecular complexity index is 878. The molecule has 3 aromatic rings. The lowest BCUT2D eigenvalue weighted by atomic mass is 9.95. The van der Waals surface area contributed by atoms with Gasteiger partial charge in [0.1, 0.15) is 5.66 Å². The molecule has 0 aliphatic carbocycles. The van der Waals surface area contributed by atoms with Gasteiger partial charge in [-0.15, -0.1) is 0 Å². The van der Waals surface area contributed by atoms with Crippen molar-refractivity contribution in [1.29, 1.82) is 0 Å². The quantitative estimate of drug-likeness (QED) is 0.542. The number of benzene rings is 3. The summed E-state index contributed by atoms with van der Waals surface area (Å²) in [6, 6.07) is 19.0. The summed E-state index contributed by atoms with van der Waals surface area (Å²) in [5.74, 6) is 0. The smallest absolute Gasteiger partial charge is 0.269 e. The van der Waals surface area contributed by atoms with Crippen LogP contribution in [-0.4, -0.2) is 4.92 Å². The van der Waals surface area contributed by atoms with Gasteiger partial charge in [-0.05, 0) is 42.1 Å². The molecule has 23 heavy (non-hydrogen) atoms. The van der Waals surface area contributed by atoms with Gasteiger partial charge in [-0.3, -0.25) is 10.1 Å². The van der Waals surface area contributed by atoms with Crippen LogP contribution in [0.2, 0.25) is 0 Å². The van der Waals surface area contributed by atoms with E-state index in [1.165, 1.54) is 17.5 Å². The van der Waals surface area contributed by atoms with Crippen LogP contribution in [0.25, 0.3) is 10.8 Å². The summed E-state index contributed by atoms with van der Waals surface area (Å²) < 4.78 is 0. The van der Waals surface area contributed by atoms with Crippen LogP contribution in [0.3, 0.4) is 0 Å². The molecule has 0 saturated carbocycles. The number of anilines is 2. The van der Waals surface area contributed by atoms with E-state index in [4.69, 9.17) is 0 Å². The maximum atomic E-state index is 10.8. The number of nitrogens with one attached hydrogen (secondary N) is 2. The third-order valence-corrected chi connectivity index (χ3v) is 4.33. The van der Waals surface area contributed by atoms with Gasteiger partial charge in [-0.25, -0.2) is 0 Å². The molecule has 0 unspecified atom stereocenters. The van der Waals surface area contributed by atoms with Crippen LogP contribution in [0.1, 0.15) is 12.5 Å². The van der Waals surface area contributed by atoms with Crippen molar-refractivity contribution in [2.75, 3.05) is 10.6 Å². The van der Waals surface area contributed by atoms with Crippen molar-refractivity contribution in [1.82, 2.24) is 0 Å². The lowest BCUT2D eigenvalue weighted by molar-refractivity contribution is -0.384. The first-order valence-corrected chi connectivity index (χ1v) is 7.40. The van der Waals surface area contributed by atoms with Gasteiger partial charge in [0.15, 0.2) is 0 Å². The Labute approximate surface area is 133 Å². The molecule has 0 fully saturated rings. The standard InChI is InChI=1S/C18H15N3O2/c1-18(13-8-10-14(11-9-13)21(22)23)19-15-6-2-4-12-5-3-7-16(20-18)17(12)15/h2-11,19-20H,1H3. The first kappa shape index (κ1) is 13.6. The van der Waals surface area contributed by atoms with Crippen LogP contribution in [0.15, 0.2) is 60.7 Å². The lowest BCUT2D eigenvalue weighted by Crippen LogP contribution is -2.42. The van der Waals surface area contributed by atoms with Gasteiger partial charge in [-0.1, -0.05) is 24.3 Å². The Morgan fingerprint density at radius 1 is 0.913 bits per heavy atom. The van der Waals surface area contributed by atoms with Crippen LogP contribution >= 0.6 is 0 Å². The predicted molar refractivity (Wildman–Crippen MR) is 91.6 cm³/mol. The van der Waals surface area contributed by atoms with E-state index in [0.29, 0.717) is 0 Å². The monoisotopic (exact) mass is 305 g/mol. The fourth-order valence-electron chi connectivity index (χ4n) is 3.18. The number of nitro groups is 1. The molecule has 4 rings (SSSR count). The largest absolute Gasteiger partial charge is 0.359 e. The summed E-state index contributed by atoms with van der Waals surface area (Å²) in [6.45, 7) is 2.03.